The molecule has 3 heterocycles. The molecule has 320 valence electrons. The molecule has 2 fully saturated rings. The maximum absolute atomic E-state index is 14.9. The van der Waals surface area contributed by atoms with Crippen molar-refractivity contribution >= 4 is 17.5 Å². The van der Waals surface area contributed by atoms with E-state index in [9.17, 15) is 22.8 Å². The zero-order valence-corrected chi connectivity index (χ0v) is 34.7. The molecule has 2 aliphatic rings. The molecule has 1 N–H and O–H groups in total. The van der Waals surface area contributed by atoms with Gasteiger partial charge in [-0.25, -0.2) is 0 Å². The predicted octanol–water partition coefficient (Wildman–Crippen LogP) is 8.83. The number of benzene rings is 4. The van der Waals surface area contributed by atoms with E-state index in [-0.39, 0.29) is 29.9 Å². The summed E-state index contributed by atoms with van der Waals surface area (Å²) in [6.45, 7) is 8.08. The first-order chi connectivity index (χ1) is 29.7. The molecule has 0 bridgehead atoms. The van der Waals surface area contributed by atoms with Gasteiger partial charge in [-0.2, -0.15) is 23.1 Å². The van der Waals surface area contributed by atoms with Crippen LogP contribution in [0.4, 0.5) is 18.9 Å². The molecule has 2 amide bonds. The first-order valence-corrected chi connectivity index (χ1v) is 21.2. The Kier molecular flexibility index (Phi) is 14.3. The number of hydrogen-bond donors (Lipinski definition) is 1. The number of anilines is 1. The quantitative estimate of drug-likeness (QED) is 0.0929. The molecular weight excluding hydrogens is 782 g/mol. The summed E-state index contributed by atoms with van der Waals surface area (Å²) in [6.07, 6.45) is 0.740. The number of halogens is 3. The standard InChI is InChI=1S/C48H53F3N6O4/c1-3-60-45-43(46(61-4-2)53-33-52-45)57(47(59)41-27-32-56(41)42(35-15-7-5-8-16-35)36-17-9-6-10-18-36)29-14-13-28-55-30-25-38(26-31-55)54-44(58)40-20-12-11-19-39(40)34-21-23-37(24-22-34)48(49,50)51/h5-12,15-24,33,38,41-42H,3-4,13-14,25-32H2,1-2H3,(H,54,58). The number of hydrogen-bond acceptors (Lipinski definition) is 8. The highest BCUT2D eigenvalue weighted by Gasteiger charge is 2.43. The summed E-state index contributed by atoms with van der Waals surface area (Å²) in [5.41, 5.74) is 3.52. The number of nitrogens with zero attached hydrogens (tertiary/aromatic N) is 5. The van der Waals surface area contributed by atoms with Crippen LogP contribution in [0.25, 0.3) is 11.1 Å². The van der Waals surface area contributed by atoms with Gasteiger partial charge in [0.1, 0.15) is 6.33 Å². The summed E-state index contributed by atoms with van der Waals surface area (Å²) in [5.74, 6) is 0.337. The van der Waals surface area contributed by atoms with Crippen LogP contribution < -0.4 is 19.7 Å². The number of ether oxygens (including phenoxy) is 2. The van der Waals surface area contributed by atoms with Crippen molar-refractivity contribution in [2.45, 2.75) is 70.3 Å². The maximum atomic E-state index is 14.9. The number of aromatic nitrogens is 2. The number of rotatable bonds is 17. The van der Waals surface area contributed by atoms with Crippen LogP contribution in [0, 0.1) is 0 Å². The number of carbonyl (C=O) groups is 2. The highest BCUT2D eigenvalue weighted by Crippen LogP contribution is 2.40. The lowest BCUT2D eigenvalue weighted by Crippen LogP contribution is -2.58. The minimum Gasteiger partial charge on any atom is -0.476 e. The number of nitrogens with one attached hydrogen (secondary N) is 1. The average Bonchev–Trinajstić information content (AvgIpc) is 3.26. The molecule has 2 saturated heterocycles. The van der Waals surface area contributed by atoms with Crippen molar-refractivity contribution in [3.8, 4) is 22.9 Å². The Morgan fingerprint density at radius 3 is 1.92 bits per heavy atom. The van der Waals surface area contributed by atoms with Crippen LogP contribution in [-0.4, -0.2) is 89.6 Å². The van der Waals surface area contributed by atoms with E-state index in [1.54, 1.807) is 29.2 Å². The number of alkyl halides is 3. The molecule has 0 radical (unpaired) electrons. The van der Waals surface area contributed by atoms with Gasteiger partial charge in [-0.15, -0.1) is 0 Å². The van der Waals surface area contributed by atoms with Gasteiger partial charge >= 0.3 is 6.18 Å². The van der Waals surface area contributed by atoms with Gasteiger partial charge in [0.2, 0.25) is 17.7 Å². The zero-order chi connectivity index (χ0) is 42.8. The number of amides is 2. The monoisotopic (exact) mass is 834 g/mol. The van der Waals surface area contributed by atoms with Crippen LogP contribution in [0.2, 0.25) is 0 Å². The normalized spacial score (nSPS) is 16.2. The smallest absolute Gasteiger partial charge is 0.416 e. The highest BCUT2D eigenvalue weighted by atomic mass is 19.4. The third kappa shape index (κ3) is 10.4. The summed E-state index contributed by atoms with van der Waals surface area (Å²) in [4.78, 5) is 43.8. The van der Waals surface area contributed by atoms with Crippen molar-refractivity contribution in [1.82, 2.24) is 25.1 Å². The molecule has 61 heavy (non-hydrogen) atoms. The van der Waals surface area contributed by atoms with Crippen LogP contribution in [0.15, 0.2) is 116 Å². The minimum absolute atomic E-state index is 0.0365. The second-order valence-corrected chi connectivity index (χ2v) is 15.4. The van der Waals surface area contributed by atoms with Gasteiger partial charge in [-0.1, -0.05) is 91.0 Å². The molecule has 4 aromatic carbocycles. The fourth-order valence-electron chi connectivity index (χ4n) is 8.34. The number of likely N-dealkylation sites (tertiary alicyclic amines) is 2. The summed E-state index contributed by atoms with van der Waals surface area (Å²) < 4.78 is 51.5. The first-order valence-electron chi connectivity index (χ1n) is 21.2. The predicted molar refractivity (Wildman–Crippen MR) is 230 cm³/mol. The van der Waals surface area contributed by atoms with E-state index < -0.39 is 11.7 Å². The molecule has 7 rings (SSSR count). The molecule has 0 spiro atoms. The lowest BCUT2D eigenvalue weighted by Gasteiger charge is -2.47. The second kappa shape index (κ2) is 20.2. The summed E-state index contributed by atoms with van der Waals surface area (Å²) in [7, 11) is 0. The van der Waals surface area contributed by atoms with Crippen molar-refractivity contribution < 1.29 is 32.2 Å². The van der Waals surface area contributed by atoms with Crippen molar-refractivity contribution in [2.75, 3.05) is 50.8 Å². The molecule has 0 saturated carbocycles. The molecule has 10 nitrogen and oxygen atoms in total. The van der Waals surface area contributed by atoms with Crippen LogP contribution in [-0.2, 0) is 11.0 Å². The lowest BCUT2D eigenvalue weighted by atomic mass is 9.90. The van der Waals surface area contributed by atoms with Crippen molar-refractivity contribution in [2.24, 2.45) is 0 Å². The molecule has 2 aliphatic heterocycles. The van der Waals surface area contributed by atoms with Crippen LogP contribution in [0.1, 0.15) is 79.0 Å². The van der Waals surface area contributed by atoms with Gasteiger partial charge in [-0.05, 0) is 92.9 Å². The van der Waals surface area contributed by atoms with Gasteiger partial charge in [0.15, 0.2) is 5.69 Å². The Labute approximate surface area is 355 Å². The Hall–Kier alpha value is -5.79. The van der Waals surface area contributed by atoms with Gasteiger partial charge in [-0.3, -0.25) is 14.5 Å². The second-order valence-electron chi connectivity index (χ2n) is 15.4. The van der Waals surface area contributed by atoms with Crippen LogP contribution in [0.5, 0.6) is 11.8 Å². The van der Waals surface area contributed by atoms with E-state index in [4.69, 9.17) is 9.47 Å². The van der Waals surface area contributed by atoms with E-state index in [1.807, 2.05) is 50.2 Å². The molecule has 1 aromatic heterocycles. The van der Waals surface area contributed by atoms with E-state index >= 15 is 0 Å². The van der Waals surface area contributed by atoms with Crippen LogP contribution >= 0.6 is 0 Å². The fraction of sp³-hybridized carbons (Fsp3) is 0.375. The highest BCUT2D eigenvalue weighted by molar-refractivity contribution is 6.01. The summed E-state index contributed by atoms with van der Waals surface area (Å²) in [6, 6.07) is 32.0. The van der Waals surface area contributed by atoms with Crippen molar-refractivity contribution in [3.63, 3.8) is 0 Å². The number of unbranched alkanes of at least 4 members (excludes halogenated alkanes) is 1. The topological polar surface area (TPSA) is 100 Å². The maximum Gasteiger partial charge on any atom is 0.416 e. The fourth-order valence-corrected chi connectivity index (χ4v) is 8.34. The number of piperidine rings is 1. The molecule has 1 atom stereocenters. The number of carbonyl (C=O) groups excluding carboxylic acids is 2. The SMILES string of the molecule is CCOc1ncnc(OCC)c1N(CCCCN1CCC(NC(=O)c2ccccc2-c2ccc(C(F)(F)F)cc2)CC1)C(=O)C1CCN1C(c1ccccc1)c1ccccc1. The zero-order valence-electron chi connectivity index (χ0n) is 34.7. The van der Waals surface area contributed by atoms with Gasteiger partial charge in [0, 0.05) is 37.8 Å². The Bertz CT molecular complexity index is 2140. The molecule has 5 aromatic rings. The lowest BCUT2D eigenvalue weighted by molar-refractivity contribution is -0.137. The molecular formula is C48H53F3N6O4. The largest absolute Gasteiger partial charge is 0.476 e. The third-order valence-electron chi connectivity index (χ3n) is 11.5. The van der Waals surface area contributed by atoms with Crippen molar-refractivity contribution in [3.05, 3.63) is 138 Å². The van der Waals surface area contributed by atoms with E-state index in [2.05, 4.69) is 49.4 Å². The van der Waals surface area contributed by atoms with Gasteiger partial charge in [0.05, 0.1) is 30.9 Å². The third-order valence-corrected chi connectivity index (χ3v) is 11.5. The Morgan fingerprint density at radius 2 is 1.36 bits per heavy atom. The molecule has 13 heteroatoms. The Morgan fingerprint density at radius 1 is 0.770 bits per heavy atom. The summed E-state index contributed by atoms with van der Waals surface area (Å²) in [5, 5.41) is 3.17. The van der Waals surface area contributed by atoms with Crippen molar-refractivity contribution in [1.29, 1.82) is 0 Å². The average molecular weight is 835 g/mol. The van der Waals surface area contributed by atoms with Crippen LogP contribution in [0.3, 0.4) is 0 Å². The van der Waals surface area contributed by atoms with E-state index in [0.717, 1.165) is 68.7 Å². The first kappa shape index (κ1) is 43.3. The molecule has 1 unspecified atom stereocenters. The van der Waals surface area contributed by atoms with E-state index in [0.29, 0.717) is 66.7 Å². The molecule has 0 aliphatic carbocycles. The van der Waals surface area contributed by atoms with E-state index in [1.165, 1.54) is 18.5 Å². The summed E-state index contributed by atoms with van der Waals surface area (Å²) >= 11 is 0. The Balaban J connectivity index is 0.996. The minimum atomic E-state index is -4.43. The van der Waals surface area contributed by atoms with Gasteiger partial charge < -0.3 is 24.6 Å². The van der Waals surface area contributed by atoms with Gasteiger partial charge in [0.25, 0.3) is 5.91 Å².